The number of benzene rings is 1. The summed E-state index contributed by atoms with van der Waals surface area (Å²) >= 11 is 0. The number of anilines is 2. The SMILES string of the molecule is Cc1c[nH]c2ncnc(N3CCC(CCN(C)C)(C(=O)Nc4cccc(C(C)(C)C)c4)CC3)c12. The zero-order valence-electron chi connectivity index (χ0n) is 21.4. The van der Waals surface area contributed by atoms with Crippen molar-refractivity contribution in [3.63, 3.8) is 0 Å². The number of rotatable bonds is 6. The molecule has 182 valence electrons. The second kappa shape index (κ2) is 9.37. The predicted octanol–water partition coefficient (Wildman–Crippen LogP) is 4.74. The van der Waals surface area contributed by atoms with E-state index in [0.29, 0.717) is 0 Å². The molecule has 0 unspecified atom stereocenters. The number of aryl methyl sites for hydroxylation is 1. The molecule has 7 nitrogen and oxygen atoms in total. The highest BCUT2D eigenvalue weighted by molar-refractivity contribution is 5.96. The maximum absolute atomic E-state index is 13.8. The van der Waals surface area contributed by atoms with Crippen molar-refractivity contribution in [2.24, 2.45) is 5.41 Å². The fourth-order valence-electron chi connectivity index (χ4n) is 4.84. The van der Waals surface area contributed by atoms with Crippen molar-refractivity contribution in [1.29, 1.82) is 0 Å². The average Bonchev–Trinajstić information content (AvgIpc) is 3.19. The number of carbonyl (C=O) groups excluding carboxylic acids is 1. The predicted molar refractivity (Wildman–Crippen MR) is 139 cm³/mol. The molecule has 7 heteroatoms. The Hall–Kier alpha value is -2.93. The van der Waals surface area contributed by atoms with Gasteiger partial charge in [0.05, 0.1) is 10.8 Å². The number of aromatic nitrogens is 3. The van der Waals surface area contributed by atoms with Gasteiger partial charge in [-0.05, 0) is 75.5 Å². The van der Waals surface area contributed by atoms with Crippen molar-refractivity contribution in [3.05, 3.63) is 47.9 Å². The highest BCUT2D eigenvalue weighted by atomic mass is 16.2. The molecular formula is C27H38N6O. The second-order valence-electron chi connectivity index (χ2n) is 11.0. The van der Waals surface area contributed by atoms with Gasteiger partial charge in [0.25, 0.3) is 0 Å². The molecule has 0 bridgehead atoms. The number of amides is 1. The zero-order chi connectivity index (χ0) is 24.5. The molecule has 4 rings (SSSR count). The van der Waals surface area contributed by atoms with Gasteiger partial charge in [-0.2, -0.15) is 0 Å². The molecule has 1 amide bonds. The molecular weight excluding hydrogens is 424 g/mol. The highest BCUT2D eigenvalue weighted by Crippen LogP contribution is 2.39. The van der Waals surface area contributed by atoms with E-state index >= 15 is 0 Å². The van der Waals surface area contributed by atoms with E-state index in [9.17, 15) is 4.79 Å². The summed E-state index contributed by atoms with van der Waals surface area (Å²) in [5.74, 6) is 1.09. The Morgan fingerprint density at radius 3 is 2.62 bits per heavy atom. The second-order valence-corrected chi connectivity index (χ2v) is 11.0. The van der Waals surface area contributed by atoms with Gasteiger partial charge in [-0.1, -0.05) is 32.9 Å². The van der Waals surface area contributed by atoms with Crippen LogP contribution in [0, 0.1) is 12.3 Å². The van der Waals surface area contributed by atoms with E-state index in [2.05, 4.69) is 84.0 Å². The Balaban J connectivity index is 1.55. The summed E-state index contributed by atoms with van der Waals surface area (Å²) in [6.45, 7) is 11.1. The molecule has 2 aromatic heterocycles. The third-order valence-corrected chi connectivity index (χ3v) is 7.17. The monoisotopic (exact) mass is 462 g/mol. The molecule has 3 heterocycles. The molecule has 1 aliphatic heterocycles. The summed E-state index contributed by atoms with van der Waals surface area (Å²) in [6, 6.07) is 8.26. The number of aromatic amines is 1. The van der Waals surface area contributed by atoms with Gasteiger partial charge in [0, 0.05) is 25.0 Å². The van der Waals surface area contributed by atoms with E-state index in [0.717, 1.165) is 67.0 Å². The highest BCUT2D eigenvalue weighted by Gasteiger charge is 2.41. The van der Waals surface area contributed by atoms with Crippen molar-refractivity contribution in [2.75, 3.05) is 43.9 Å². The van der Waals surface area contributed by atoms with Crippen molar-refractivity contribution < 1.29 is 4.79 Å². The van der Waals surface area contributed by atoms with E-state index in [-0.39, 0.29) is 11.3 Å². The van der Waals surface area contributed by atoms with Crippen LogP contribution in [0.25, 0.3) is 11.0 Å². The first-order valence-corrected chi connectivity index (χ1v) is 12.2. The molecule has 1 saturated heterocycles. The van der Waals surface area contributed by atoms with Crippen LogP contribution in [0.4, 0.5) is 11.5 Å². The molecule has 1 aromatic carbocycles. The Labute approximate surface area is 203 Å². The molecule has 1 aliphatic rings. The topological polar surface area (TPSA) is 77.2 Å². The van der Waals surface area contributed by atoms with Crippen molar-refractivity contribution in [2.45, 2.75) is 52.4 Å². The minimum atomic E-state index is -0.405. The number of hydrogen-bond donors (Lipinski definition) is 2. The first-order chi connectivity index (χ1) is 16.1. The molecule has 0 spiro atoms. The largest absolute Gasteiger partial charge is 0.356 e. The molecule has 0 atom stereocenters. The summed E-state index contributed by atoms with van der Waals surface area (Å²) in [6.07, 6.45) is 6.02. The van der Waals surface area contributed by atoms with E-state index in [1.807, 2.05) is 18.3 Å². The van der Waals surface area contributed by atoms with E-state index in [4.69, 9.17) is 0 Å². The summed E-state index contributed by atoms with van der Waals surface area (Å²) in [5, 5.41) is 4.35. The number of piperidine rings is 1. The van der Waals surface area contributed by atoms with Crippen LogP contribution in [-0.4, -0.2) is 59.5 Å². The van der Waals surface area contributed by atoms with E-state index < -0.39 is 5.41 Å². The Kier molecular flexibility index (Phi) is 6.67. The van der Waals surface area contributed by atoms with Gasteiger partial charge < -0.3 is 20.1 Å². The fourth-order valence-corrected chi connectivity index (χ4v) is 4.84. The first-order valence-electron chi connectivity index (χ1n) is 12.2. The van der Waals surface area contributed by atoms with Crippen LogP contribution in [0.15, 0.2) is 36.8 Å². The van der Waals surface area contributed by atoms with Crippen molar-refractivity contribution in [1.82, 2.24) is 19.9 Å². The van der Waals surface area contributed by atoms with Crippen LogP contribution in [0.1, 0.15) is 51.2 Å². The quantitative estimate of drug-likeness (QED) is 0.553. The Bertz CT molecular complexity index is 1150. The third kappa shape index (κ3) is 4.94. The molecule has 0 aliphatic carbocycles. The van der Waals surface area contributed by atoms with Gasteiger partial charge in [-0.3, -0.25) is 4.79 Å². The molecule has 2 N–H and O–H groups in total. The molecule has 0 saturated carbocycles. The third-order valence-electron chi connectivity index (χ3n) is 7.17. The van der Waals surface area contributed by atoms with Crippen LogP contribution in [-0.2, 0) is 10.2 Å². The fraction of sp³-hybridized carbons (Fsp3) is 0.519. The molecule has 1 fully saturated rings. The van der Waals surface area contributed by atoms with Gasteiger partial charge in [0.15, 0.2) is 0 Å². The van der Waals surface area contributed by atoms with Gasteiger partial charge in [-0.15, -0.1) is 0 Å². The minimum Gasteiger partial charge on any atom is -0.356 e. The van der Waals surface area contributed by atoms with Crippen LogP contribution in [0.2, 0.25) is 0 Å². The van der Waals surface area contributed by atoms with Gasteiger partial charge in [0.1, 0.15) is 17.8 Å². The lowest BCUT2D eigenvalue weighted by atomic mass is 9.74. The van der Waals surface area contributed by atoms with E-state index in [1.165, 1.54) is 5.56 Å². The van der Waals surface area contributed by atoms with Crippen LogP contribution >= 0.6 is 0 Å². The lowest BCUT2D eigenvalue weighted by molar-refractivity contribution is -0.127. The Morgan fingerprint density at radius 2 is 1.94 bits per heavy atom. The van der Waals surface area contributed by atoms with Crippen molar-refractivity contribution >= 4 is 28.4 Å². The number of fused-ring (bicyclic) bond motifs is 1. The van der Waals surface area contributed by atoms with Crippen LogP contribution in [0.3, 0.4) is 0 Å². The van der Waals surface area contributed by atoms with Crippen LogP contribution in [0.5, 0.6) is 0 Å². The normalized spacial score (nSPS) is 16.3. The van der Waals surface area contributed by atoms with Gasteiger partial charge >= 0.3 is 0 Å². The summed E-state index contributed by atoms with van der Waals surface area (Å²) in [5.41, 5.74) is 3.74. The lowest BCUT2D eigenvalue weighted by Gasteiger charge is -2.42. The summed E-state index contributed by atoms with van der Waals surface area (Å²) in [4.78, 5) is 30.4. The molecule has 34 heavy (non-hydrogen) atoms. The smallest absolute Gasteiger partial charge is 0.230 e. The van der Waals surface area contributed by atoms with E-state index in [1.54, 1.807) is 6.33 Å². The zero-order valence-corrected chi connectivity index (χ0v) is 21.4. The number of carbonyl (C=O) groups is 1. The maximum Gasteiger partial charge on any atom is 0.230 e. The number of nitrogens with one attached hydrogen (secondary N) is 2. The summed E-state index contributed by atoms with van der Waals surface area (Å²) in [7, 11) is 4.14. The maximum atomic E-state index is 13.8. The number of H-pyrrole nitrogens is 1. The van der Waals surface area contributed by atoms with Gasteiger partial charge in [-0.25, -0.2) is 9.97 Å². The number of hydrogen-bond acceptors (Lipinski definition) is 5. The standard InChI is InChI=1S/C27H38N6O/c1-19-17-28-23-22(19)24(30-18-29-23)33-14-11-27(12-15-33,10-13-32(5)6)25(34)31-21-9-7-8-20(16-21)26(2,3)4/h7-9,16-18H,10-15H2,1-6H3,(H,31,34)(H,28,29,30). The lowest BCUT2D eigenvalue weighted by Crippen LogP contribution is -2.48. The average molecular weight is 463 g/mol. The minimum absolute atomic E-state index is 0.0356. The summed E-state index contributed by atoms with van der Waals surface area (Å²) < 4.78 is 0. The van der Waals surface area contributed by atoms with Crippen LogP contribution < -0.4 is 10.2 Å². The first kappa shape index (κ1) is 24.2. The van der Waals surface area contributed by atoms with Crippen molar-refractivity contribution in [3.8, 4) is 0 Å². The number of nitrogens with zero attached hydrogens (tertiary/aromatic N) is 4. The molecule has 0 radical (unpaired) electrons. The Morgan fingerprint density at radius 1 is 1.21 bits per heavy atom. The molecule has 3 aromatic rings. The van der Waals surface area contributed by atoms with Gasteiger partial charge in [0.2, 0.25) is 5.91 Å².